The van der Waals surface area contributed by atoms with Crippen molar-refractivity contribution in [2.24, 2.45) is 0 Å². The minimum Gasteiger partial charge on any atom is -0.456 e. The Hall–Kier alpha value is -3.55. The summed E-state index contributed by atoms with van der Waals surface area (Å²) in [5, 5.41) is 13.0. The van der Waals surface area contributed by atoms with E-state index in [1.165, 1.54) is 18.2 Å². The third-order valence-corrected chi connectivity index (χ3v) is 4.15. The predicted molar refractivity (Wildman–Crippen MR) is 106 cm³/mol. The molecule has 2 aromatic rings. The zero-order valence-corrected chi connectivity index (χ0v) is 16.4. The standard InChI is InChI=1S/C21H22N2O6/c1-21(2,3)16-9-7-14(8-10-16)18(24)13-29-19(25)12-22-20(26)15-5-4-6-17(11-15)23(27)28/h4-11H,12-13H2,1-3H3,(H,22,26). The molecule has 0 aliphatic heterocycles. The lowest BCUT2D eigenvalue weighted by Gasteiger charge is -2.18. The van der Waals surface area contributed by atoms with E-state index >= 15 is 0 Å². The van der Waals surface area contributed by atoms with Crippen LogP contribution in [-0.2, 0) is 14.9 Å². The molecule has 2 rings (SSSR count). The number of benzene rings is 2. The molecule has 8 nitrogen and oxygen atoms in total. The van der Waals surface area contributed by atoms with Crippen molar-refractivity contribution in [2.45, 2.75) is 26.2 Å². The summed E-state index contributed by atoms with van der Waals surface area (Å²) < 4.78 is 4.89. The average Bonchev–Trinajstić information content (AvgIpc) is 2.69. The second kappa shape index (κ2) is 9.09. The largest absolute Gasteiger partial charge is 0.456 e. The highest BCUT2D eigenvalue weighted by molar-refractivity contribution is 5.99. The Morgan fingerprint density at radius 3 is 2.28 bits per heavy atom. The third-order valence-electron chi connectivity index (χ3n) is 4.15. The van der Waals surface area contributed by atoms with Crippen molar-refractivity contribution in [3.8, 4) is 0 Å². The molecule has 0 unspecified atom stereocenters. The number of hydrogen-bond acceptors (Lipinski definition) is 6. The van der Waals surface area contributed by atoms with Gasteiger partial charge in [-0.15, -0.1) is 0 Å². The molecule has 0 fully saturated rings. The molecule has 0 aliphatic carbocycles. The molecule has 2 aromatic carbocycles. The summed E-state index contributed by atoms with van der Waals surface area (Å²) in [7, 11) is 0. The predicted octanol–water partition coefficient (Wildman–Crippen LogP) is 3.05. The molecule has 0 bridgehead atoms. The van der Waals surface area contributed by atoms with Gasteiger partial charge in [0.25, 0.3) is 11.6 Å². The van der Waals surface area contributed by atoms with Crippen LogP contribution in [0.5, 0.6) is 0 Å². The number of Topliss-reactive ketones (excluding diaryl/α,β-unsaturated/α-hetero) is 1. The number of amides is 1. The van der Waals surface area contributed by atoms with Gasteiger partial charge >= 0.3 is 5.97 Å². The van der Waals surface area contributed by atoms with Gasteiger partial charge < -0.3 is 10.1 Å². The summed E-state index contributed by atoms with van der Waals surface area (Å²) in [5.74, 6) is -1.80. The summed E-state index contributed by atoms with van der Waals surface area (Å²) in [6.45, 7) is 5.28. The SMILES string of the molecule is CC(C)(C)c1ccc(C(=O)COC(=O)CNC(=O)c2cccc([N+](=O)[O-])c2)cc1. The van der Waals surface area contributed by atoms with Crippen molar-refractivity contribution in [2.75, 3.05) is 13.2 Å². The van der Waals surface area contributed by atoms with Crippen molar-refractivity contribution >= 4 is 23.3 Å². The van der Waals surface area contributed by atoms with E-state index in [9.17, 15) is 24.5 Å². The van der Waals surface area contributed by atoms with Gasteiger partial charge in [0.15, 0.2) is 12.4 Å². The summed E-state index contributed by atoms with van der Waals surface area (Å²) in [4.78, 5) is 46.0. The average molecular weight is 398 g/mol. The van der Waals surface area contributed by atoms with Crippen LogP contribution in [-0.4, -0.2) is 35.7 Å². The first-order valence-electron chi connectivity index (χ1n) is 8.90. The van der Waals surface area contributed by atoms with E-state index in [0.29, 0.717) is 5.56 Å². The van der Waals surface area contributed by atoms with Crippen LogP contribution in [0.25, 0.3) is 0 Å². The topological polar surface area (TPSA) is 116 Å². The Bertz CT molecular complexity index is 929. The van der Waals surface area contributed by atoms with E-state index in [2.05, 4.69) is 26.1 Å². The highest BCUT2D eigenvalue weighted by atomic mass is 16.6. The molecule has 1 amide bonds. The molecule has 29 heavy (non-hydrogen) atoms. The summed E-state index contributed by atoms with van der Waals surface area (Å²) in [6, 6.07) is 12.2. The molecule has 0 saturated heterocycles. The van der Waals surface area contributed by atoms with Gasteiger partial charge in [0.05, 0.1) is 4.92 Å². The van der Waals surface area contributed by atoms with Crippen LogP contribution in [0.15, 0.2) is 48.5 Å². The number of esters is 1. The number of nitrogens with one attached hydrogen (secondary N) is 1. The van der Waals surface area contributed by atoms with Gasteiger partial charge in [-0.05, 0) is 17.0 Å². The first-order valence-corrected chi connectivity index (χ1v) is 8.90. The van der Waals surface area contributed by atoms with Gasteiger partial charge in [0.2, 0.25) is 0 Å². The summed E-state index contributed by atoms with van der Waals surface area (Å²) in [6.07, 6.45) is 0. The van der Waals surface area contributed by atoms with E-state index in [1.54, 1.807) is 12.1 Å². The van der Waals surface area contributed by atoms with Crippen LogP contribution >= 0.6 is 0 Å². The quantitative estimate of drug-likeness (QED) is 0.332. The molecule has 0 spiro atoms. The number of rotatable bonds is 7. The van der Waals surface area contributed by atoms with E-state index in [4.69, 9.17) is 4.74 Å². The summed E-state index contributed by atoms with van der Waals surface area (Å²) >= 11 is 0. The first kappa shape index (κ1) is 21.7. The van der Waals surface area contributed by atoms with Crippen LogP contribution in [0.2, 0.25) is 0 Å². The lowest BCUT2D eigenvalue weighted by Crippen LogP contribution is -2.31. The number of carbonyl (C=O) groups excluding carboxylic acids is 3. The van der Waals surface area contributed by atoms with Crippen molar-refractivity contribution < 1.29 is 24.0 Å². The molecule has 0 saturated carbocycles. The zero-order chi connectivity index (χ0) is 21.6. The second-order valence-electron chi connectivity index (χ2n) is 7.40. The molecule has 0 heterocycles. The number of nitrogens with zero attached hydrogens (tertiary/aromatic N) is 1. The monoisotopic (exact) mass is 398 g/mol. The van der Waals surface area contributed by atoms with Gasteiger partial charge in [-0.2, -0.15) is 0 Å². The number of nitro groups is 1. The number of non-ortho nitro benzene ring substituents is 1. The number of nitro benzene ring substituents is 1. The second-order valence-corrected chi connectivity index (χ2v) is 7.40. The first-order chi connectivity index (χ1) is 13.6. The normalized spacial score (nSPS) is 10.9. The highest BCUT2D eigenvalue weighted by Gasteiger charge is 2.16. The van der Waals surface area contributed by atoms with Crippen molar-refractivity contribution in [1.82, 2.24) is 5.32 Å². The maximum Gasteiger partial charge on any atom is 0.325 e. The highest BCUT2D eigenvalue weighted by Crippen LogP contribution is 2.22. The zero-order valence-electron chi connectivity index (χ0n) is 16.4. The fourth-order valence-corrected chi connectivity index (χ4v) is 2.45. The molecule has 0 atom stereocenters. The Morgan fingerprint density at radius 1 is 1.03 bits per heavy atom. The Labute approximate surface area is 168 Å². The van der Waals surface area contributed by atoms with E-state index in [0.717, 1.165) is 11.6 Å². The Balaban J connectivity index is 1.83. The van der Waals surface area contributed by atoms with Crippen LogP contribution in [0, 0.1) is 10.1 Å². The summed E-state index contributed by atoms with van der Waals surface area (Å²) in [5.41, 5.74) is 1.28. The fourth-order valence-electron chi connectivity index (χ4n) is 2.45. The van der Waals surface area contributed by atoms with E-state index in [1.807, 2.05) is 12.1 Å². The van der Waals surface area contributed by atoms with Gasteiger partial charge in [-0.1, -0.05) is 51.1 Å². The van der Waals surface area contributed by atoms with Gasteiger partial charge in [-0.3, -0.25) is 24.5 Å². The molecule has 0 aliphatic rings. The van der Waals surface area contributed by atoms with Crippen molar-refractivity contribution in [3.05, 3.63) is 75.3 Å². The maximum absolute atomic E-state index is 12.1. The van der Waals surface area contributed by atoms with E-state index < -0.39 is 30.0 Å². The van der Waals surface area contributed by atoms with Gasteiger partial charge in [0, 0.05) is 23.3 Å². The molecular weight excluding hydrogens is 376 g/mol. The molecule has 152 valence electrons. The Kier molecular flexibility index (Phi) is 6.82. The van der Waals surface area contributed by atoms with Crippen LogP contribution < -0.4 is 5.32 Å². The number of hydrogen-bond donors (Lipinski definition) is 1. The maximum atomic E-state index is 12.1. The minimum atomic E-state index is -0.788. The van der Waals surface area contributed by atoms with Crippen LogP contribution in [0.3, 0.4) is 0 Å². The number of carbonyl (C=O) groups is 3. The molecular formula is C21H22N2O6. The number of ether oxygens (including phenoxy) is 1. The lowest BCUT2D eigenvalue weighted by molar-refractivity contribution is -0.384. The van der Waals surface area contributed by atoms with Gasteiger partial charge in [0.1, 0.15) is 6.54 Å². The van der Waals surface area contributed by atoms with Crippen molar-refractivity contribution in [3.63, 3.8) is 0 Å². The smallest absolute Gasteiger partial charge is 0.325 e. The molecule has 1 N–H and O–H groups in total. The third kappa shape index (κ3) is 6.24. The number of ketones is 1. The van der Waals surface area contributed by atoms with Gasteiger partial charge in [-0.25, -0.2) is 0 Å². The van der Waals surface area contributed by atoms with Crippen molar-refractivity contribution in [1.29, 1.82) is 0 Å². The minimum absolute atomic E-state index is 0.0363. The molecule has 0 radical (unpaired) electrons. The lowest BCUT2D eigenvalue weighted by atomic mass is 9.86. The Morgan fingerprint density at radius 2 is 1.69 bits per heavy atom. The molecule has 0 aromatic heterocycles. The van der Waals surface area contributed by atoms with Crippen LogP contribution in [0.1, 0.15) is 47.1 Å². The van der Waals surface area contributed by atoms with Crippen LogP contribution in [0.4, 0.5) is 5.69 Å². The van der Waals surface area contributed by atoms with E-state index in [-0.39, 0.29) is 22.4 Å². The fraction of sp³-hybridized carbons (Fsp3) is 0.286. The molecule has 8 heteroatoms.